The van der Waals surface area contributed by atoms with Gasteiger partial charge in [-0.1, -0.05) is 170 Å². The summed E-state index contributed by atoms with van der Waals surface area (Å²) >= 11 is 0. The lowest BCUT2D eigenvalue weighted by molar-refractivity contribution is -0.142. The van der Waals surface area contributed by atoms with E-state index in [1.165, 1.54) is 96.3 Å². The molecule has 0 saturated carbocycles. The predicted molar refractivity (Wildman–Crippen MR) is 169 cm³/mol. The molecule has 0 amide bonds. The van der Waals surface area contributed by atoms with Crippen molar-refractivity contribution in [1.82, 2.24) is 0 Å². The molecule has 1 atom stereocenters. The predicted octanol–water partition coefficient (Wildman–Crippen LogP) is 11.3. The Morgan fingerprint density at radius 1 is 0.641 bits per heavy atom. The zero-order valence-corrected chi connectivity index (χ0v) is 27.0. The number of unbranched alkanes of at least 4 members (excludes halogenated alkanes) is 16. The molecule has 0 bridgehead atoms. The van der Waals surface area contributed by atoms with E-state index in [0.717, 1.165) is 36.0 Å². The van der Waals surface area contributed by atoms with E-state index in [0.29, 0.717) is 12.2 Å². The second kappa shape index (κ2) is 18.8. The quantitative estimate of drug-likeness (QED) is 0.151. The maximum Gasteiger partial charge on any atom is 0.306 e. The Bertz CT molecular complexity index is 761. The van der Waals surface area contributed by atoms with Crippen LogP contribution < -0.4 is 0 Å². The van der Waals surface area contributed by atoms with Crippen molar-refractivity contribution in [1.29, 1.82) is 0 Å². The minimum absolute atomic E-state index is 0.202. The standard InChI is InChI=1S/C36H64O3/c1-8-9-10-11-12-13-14-15-16-17-18-19-20-21-22-23-24-25-30(34(38)39)26-29-27-31(35(2,3)4)33(37)32(28-29)36(5,6)7/h27-28,30,37H,8-26H2,1-7H3,(H,38,39). The highest BCUT2D eigenvalue weighted by atomic mass is 16.4. The summed E-state index contributed by atoms with van der Waals surface area (Å²) in [5, 5.41) is 20.9. The van der Waals surface area contributed by atoms with Gasteiger partial charge in [0.15, 0.2) is 0 Å². The molecule has 3 nitrogen and oxygen atoms in total. The van der Waals surface area contributed by atoms with Gasteiger partial charge in [0.25, 0.3) is 0 Å². The molecule has 3 heteroatoms. The van der Waals surface area contributed by atoms with Gasteiger partial charge in [0.1, 0.15) is 5.75 Å². The van der Waals surface area contributed by atoms with Crippen LogP contribution in [0.1, 0.15) is 181 Å². The third-order valence-corrected chi connectivity index (χ3v) is 8.27. The van der Waals surface area contributed by atoms with Crippen molar-refractivity contribution in [3.8, 4) is 5.75 Å². The minimum atomic E-state index is -0.700. The summed E-state index contributed by atoms with van der Waals surface area (Å²) in [6.45, 7) is 14.9. The zero-order valence-electron chi connectivity index (χ0n) is 27.0. The lowest BCUT2D eigenvalue weighted by Crippen LogP contribution is -2.20. The Kier molecular flexibility index (Phi) is 17.1. The number of rotatable bonds is 21. The van der Waals surface area contributed by atoms with E-state index in [1.54, 1.807) is 0 Å². The molecular weight excluding hydrogens is 480 g/mol. The Balaban J connectivity index is 2.31. The lowest BCUT2D eigenvalue weighted by atomic mass is 9.77. The largest absolute Gasteiger partial charge is 0.507 e. The number of aliphatic carboxylic acids is 1. The number of phenols is 1. The molecule has 226 valence electrons. The van der Waals surface area contributed by atoms with Gasteiger partial charge in [0, 0.05) is 0 Å². The lowest BCUT2D eigenvalue weighted by Gasteiger charge is -2.28. The summed E-state index contributed by atoms with van der Waals surface area (Å²) in [7, 11) is 0. The smallest absolute Gasteiger partial charge is 0.306 e. The average molecular weight is 545 g/mol. The van der Waals surface area contributed by atoms with E-state index >= 15 is 0 Å². The molecular formula is C36H64O3. The molecule has 1 unspecified atom stereocenters. The van der Waals surface area contributed by atoms with E-state index in [1.807, 2.05) is 12.1 Å². The third-order valence-electron chi connectivity index (χ3n) is 8.27. The van der Waals surface area contributed by atoms with Crippen LogP contribution in [-0.2, 0) is 22.0 Å². The van der Waals surface area contributed by atoms with Crippen molar-refractivity contribution in [3.63, 3.8) is 0 Å². The fourth-order valence-electron chi connectivity index (χ4n) is 5.67. The van der Waals surface area contributed by atoms with Crippen molar-refractivity contribution < 1.29 is 15.0 Å². The Morgan fingerprint density at radius 2 is 0.974 bits per heavy atom. The number of phenolic OH excluding ortho intramolecular Hbond substituents is 1. The van der Waals surface area contributed by atoms with Gasteiger partial charge in [0.05, 0.1) is 5.92 Å². The summed E-state index contributed by atoms with van der Waals surface area (Å²) in [6.07, 6.45) is 24.0. The van der Waals surface area contributed by atoms with Crippen molar-refractivity contribution in [2.75, 3.05) is 0 Å². The molecule has 0 aliphatic carbocycles. The molecule has 0 spiro atoms. The van der Waals surface area contributed by atoms with Crippen molar-refractivity contribution >= 4 is 5.97 Å². The van der Waals surface area contributed by atoms with Gasteiger partial charge in [-0.05, 0) is 40.4 Å². The summed E-state index contributed by atoms with van der Waals surface area (Å²) < 4.78 is 0. The number of hydrogen-bond donors (Lipinski definition) is 2. The van der Waals surface area contributed by atoms with E-state index in [4.69, 9.17) is 0 Å². The number of aromatic hydroxyl groups is 1. The summed E-state index contributed by atoms with van der Waals surface area (Å²) in [5.41, 5.74) is 2.44. The first-order chi connectivity index (χ1) is 18.4. The van der Waals surface area contributed by atoms with Crippen LogP contribution in [0.4, 0.5) is 0 Å². The first kappa shape index (κ1) is 35.5. The molecule has 1 aromatic rings. The monoisotopic (exact) mass is 544 g/mol. The maximum absolute atomic E-state index is 12.1. The number of carboxylic acids is 1. The normalized spacial score (nSPS) is 13.1. The highest BCUT2D eigenvalue weighted by Crippen LogP contribution is 2.40. The second-order valence-electron chi connectivity index (χ2n) is 14.2. The number of hydrogen-bond acceptors (Lipinski definition) is 2. The molecule has 0 aliphatic heterocycles. The Morgan fingerprint density at radius 3 is 1.28 bits per heavy atom. The van der Waals surface area contributed by atoms with E-state index in [-0.39, 0.29) is 16.7 Å². The van der Waals surface area contributed by atoms with E-state index in [2.05, 4.69) is 48.5 Å². The van der Waals surface area contributed by atoms with Crippen LogP contribution in [0.3, 0.4) is 0 Å². The number of carboxylic acid groups (broad SMARTS) is 1. The fraction of sp³-hybridized carbons (Fsp3) is 0.806. The zero-order chi connectivity index (χ0) is 29.3. The van der Waals surface area contributed by atoms with Crippen LogP contribution in [0.15, 0.2) is 12.1 Å². The molecule has 0 aliphatic rings. The summed E-state index contributed by atoms with van der Waals surface area (Å²) in [4.78, 5) is 12.1. The highest BCUT2D eigenvalue weighted by Gasteiger charge is 2.28. The van der Waals surface area contributed by atoms with Crippen LogP contribution >= 0.6 is 0 Å². The third kappa shape index (κ3) is 15.2. The maximum atomic E-state index is 12.1. The summed E-state index contributed by atoms with van der Waals surface area (Å²) in [5.74, 6) is -0.709. The minimum Gasteiger partial charge on any atom is -0.507 e. The van der Waals surface area contributed by atoms with Gasteiger partial charge < -0.3 is 10.2 Å². The first-order valence-electron chi connectivity index (χ1n) is 16.5. The molecule has 0 radical (unpaired) electrons. The second-order valence-corrected chi connectivity index (χ2v) is 14.2. The van der Waals surface area contributed by atoms with Gasteiger partial charge in [0.2, 0.25) is 0 Å². The first-order valence-corrected chi connectivity index (χ1v) is 16.5. The van der Waals surface area contributed by atoms with Gasteiger partial charge >= 0.3 is 5.97 Å². The molecule has 0 heterocycles. The van der Waals surface area contributed by atoms with Crippen molar-refractivity contribution in [3.05, 3.63) is 28.8 Å². The molecule has 2 N–H and O–H groups in total. The van der Waals surface area contributed by atoms with E-state index < -0.39 is 5.97 Å². The Hall–Kier alpha value is -1.51. The molecule has 1 aromatic carbocycles. The van der Waals surface area contributed by atoms with Crippen LogP contribution in [0.2, 0.25) is 0 Å². The van der Waals surface area contributed by atoms with Crippen LogP contribution in [0.25, 0.3) is 0 Å². The molecule has 0 fully saturated rings. The summed E-state index contributed by atoms with van der Waals surface area (Å²) in [6, 6.07) is 4.07. The van der Waals surface area contributed by atoms with E-state index in [9.17, 15) is 15.0 Å². The number of benzene rings is 1. The molecule has 1 rings (SSSR count). The van der Waals surface area contributed by atoms with Gasteiger partial charge in [-0.25, -0.2) is 0 Å². The van der Waals surface area contributed by atoms with Gasteiger partial charge in [-0.15, -0.1) is 0 Å². The van der Waals surface area contributed by atoms with Crippen molar-refractivity contribution in [2.45, 2.75) is 181 Å². The number of carbonyl (C=O) groups is 1. The molecule has 0 saturated heterocycles. The van der Waals surface area contributed by atoms with Crippen molar-refractivity contribution in [2.24, 2.45) is 5.92 Å². The van der Waals surface area contributed by atoms with Gasteiger partial charge in [-0.2, -0.15) is 0 Å². The topological polar surface area (TPSA) is 57.5 Å². The fourth-order valence-corrected chi connectivity index (χ4v) is 5.67. The SMILES string of the molecule is CCCCCCCCCCCCCCCCCCCC(Cc1cc(C(C)(C)C)c(O)c(C(C)(C)C)c1)C(=O)O. The average Bonchev–Trinajstić information content (AvgIpc) is 2.84. The van der Waals surface area contributed by atoms with Crippen LogP contribution in [0.5, 0.6) is 5.75 Å². The Labute approximate surface area is 242 Å². The molecule has 39 heavy (non-hydrogen) atoms. The highest BCUT2D eigenvalue weighted by molar-refractivity contribution is 5.70. The molecule has 0 aromatic heterocycles. The van der Waals surface area contributed by atoms with Crippen LogP contribution in [0, 0.1) is 5.92 Å². The van der Waals surface area contributed by atoms with Gasteiger partial charge in [-0.3, -0.25) is 4.79 Å². The van der Waals surface area contributed by atoms with Crippen LogP contribution in [-0.4, -0.2) is 16.2 Å².